The highest BCUT2D eigenvalue weighted by molar-refractivity contribution is 7.14. The summed E-state index contributed by atoms with van der Waals surface area (Å²) in [5.41, 5.74) is 2.42. The van der Waals surface area contributed by atoms with Crippen LogP contribution in [-0.4, -0.2) is 44.3 Å². The number of amides is 2. The molecule has 7 nitrogen and oxygen atoms in total. The molecular formula is C22H23N5O2S. The van der Waals surface area contributed by atoms with E-state index in [1.54, 1.807) is 23.4 Å². The van der Waals surface area contributed by atoms with Crippen LogP contribution in [0, 0.1) is 0 Å². The smallest absolute Gasteiger partial charge is 0.274 e. The summed E-state index contributed by atoms with van der Waals surface area (Å²) < 4.78 is 1.90. The first-order valence-electron chi connectivity index (χ1n) is 9.85. The lowest BCUT2D eigenvalue weighted by atomic mass is 10.0. The van der Waals surface area contributed by atoms with Gasteiger partial charge in [-0.3, -0.25) is 19.9 Å². The summed E-state index contributed by atoms with van der Waals surface area (Å²) >= 11 is 1.38. The quantitative estimate of drug-likeness (QED) is 0.659. The van der Waals surface area contributed by atoms with E-state index < -0.39 is 0 Å². The van der Waals surface area contributed by atoms with Crippen LogP contribution in [0.2, 0.25) is 0 Å². The number of rotatable bonds is 6. The highest BCUT2D eigenvalue weighted by Crippen LogP contribution is 2.21. The summed E-state index contributed by atoms with van der Waals surface area (Å²) in [6, 6.07) is 7.61. The first-order chi connectivity index (χ1) is 14.6. The number of carbonyl (C=O) groups is 2. The Labute approximate surface area is 179 Å². The first kappa shape index (κ1) is 20.0. The fraction of sp³-hybridized carbons (Fsp3) is 0.273. The summed E-state index contributed by atoms with van der Waals surface area (Å²) in [6.45, 7) is 0.595. The lowest BCUT2D eigenvalue weighted by molar-refractivity contribution is -0.133. The van der Waals surface area contributed by atoms with Crippen LogP contribution in [0.1, 0.15) is 41.0 Å². The third-order valence-electron chi connectivity index (χ3n) is 5.18. The Balaban J connectivity index is 1.39. The Morgan fingerprint density at radius 1 is 1.33 bits per heavy atom. The van der Waals surface area contributed by atoms with Gasteiger partial charge >= 0.3 is 0 Å². The maximum absolute atomic E-state index is 12.7. The second-order valence-corrected chi connectivity index (χ2v) is 8.09. The topological polar surface area (TPSA) is 80.1 Å². The Hall–Kier alpha value is -3.26. The molecule has 1 aliphatic rings. The third kappa shape index (κ3) is 4.65. The van der Waals surface area contributed by atoms with Gasteiger partial charge in [-0.1, -0.05) is 6.08 Å². The number of aromatic nitrogens is 3. The molecule has 0 radical (unpaired) electrons. The van der Waals surface area contributed by atoms with Crippen molar-refractivity contribution in [1.29, 1.82) is 0 Å². The van der Waals surface area contributed by atoms with Gasteiger partial charge in [0, 0.05) is 44.0 Å². The summed E-state index contributed by atoms with van der Waals surface area (Å²) in [5.74, 6) is -0.0200. The molecule has 8 heteroatoms. The lowest BCUT2D eigenvalue weighted by Crippen LogP contribution is -2.39. The van der Waals surface area contributed by atoms with Gasteiger partial charge in [-0.15, -0.1) is 11.3 Å². The molecule has 4 heterocycles. The molecule has 154 valence electrons. The minimum Gasteiger partial charge on any atom is -0.339 e. The lowest BCUT2D eigenvalue weighted by Gasteiger charge is -2.30. The predicted octanol–water partition coefficient (Wildman–Crippen LogP) is 3.66. The zero-order valence-electron chi connectivity index (χ0n) is 16.7. The van der Waals surface area contributed by atoms with E-state index in [1.165, 1.54) is 11.3 Å². The molecular weight excluding hydrogens is 398 g/mol. The first-order valence-corrected chi connectivity index (χ1v) is 10.7. The van der Waals surface area contributed by atoms with Gasteiger partial charge in [-0.25, -0.2) is 4.98 Å². The summed E-state index contributed by atoms with van der Waals surface area (Å²) in [6.07, 6.45) is 11.8. The number of nitrogens with zero attached hydrogens (tertiary/aromatic N) is 4. The Morgan fingerprint density at radius 2 is 2.17 bits per heavy atom. The number of pyridine rings is 1. The van der Waals surface area contributed by atoms with Crippen molar-refractivity contribution in [2.45, 2.75) is 31.8 Å². The van der Waals surface area contributed by atoms with E-state index in [-0.39, 0.29) is 17.9 Å². The van der Waals surface area contributed by atoms with Crippen molar-refractivity contribution in [3.63, 3.8) is 0 Å². The van der Waals surface area contributed by atoms with Gasteiger partial charge < -0.3 is 9.47 Å². The summed E-state index contributed by atoms with van der Waals surface area (Å²) in [7, 11) is 1.84. The molecule has 1 N–H and O–H groups in total. The number of hydrogen-bond acceptors (Lipinski definition) is 5. The van der Waals surface area contributed by atoms with Crippen LogP contribution in [0.3, 0.4) is 0 Å². The van der Waals surface area contributed by atoms with Crippen molar-refractivity contribution in [2.75, 3.05) is 12.4 Å². The van der Waals surface area contributed by atoms with Crippen LogP contribution in [-0.2, 0) is 11.3 Å². The number of piperidine rings is 1. The second kappa shape index (κ2) is 9.04. The van der Waals surface area contributed by atoms with E-state index in [0.29, 0.717) is 23.8 Å². The van der Waals surface area contributed by atoms with Gasteiger partial charge in [0.05, 0.1) is 11.7 Å². The minimum absolute atomic E-state index is 0.0995. The van der Waals surface area contributed by atoms with Gasteiger partial charge in [0.25, 0.3) is 5.91 Å². The van der Waals surface area contributed by atoms with E-state index in [0.717, 1.165) is 24.1 Å². The van der Waals surface area contributed by atoms with E-state index >= 15 is 0 Å². The number of anilines is 1. The van der Waals surface area contributed by atoms with Gasteiger partial charge in [0.15, 0.2) is 5.13 Å². The highest BCUT2D eigenvalue weighted by atomic mass is 32.1. The number of likely N-dealkylation sites (N-methyl/N-ethyl adjacent to an activating group) is 1. The SMILES string of the molecule is CN1C(=O)CCCC1/C=C/c1csc(NC(=O)c2cccn2Cc2ccncc2)n1. The highest BCUT2D eigenvalue weighted by Gasteiger charge is 2.22. The summed E-state index contributed by atoms with van der Waals surface area (Å²) in [4.78, 5) is 34.8. The van der Waals surface area contributed by atoms with Crippen LogP contribution in [0.4, 0.5) is 5.13 Å². The van der Waals surface area contributed by atoms with Crippen LogP contribution in [0.25, 0.3) is 6.08 Å². The van der Waals surface area contributed by atoms with Crippen LogP contribution in [0.5, 0.6) is 0 Å². The van der Waals surface area contributed by atoms with Gasteiger partial charge in [-0.05, 0) is 48.7 Å². The normalized spacial score (nSPS) is 16.9. The van der Waals surface area contributed by atoms with E-state index in [9.17, 15) is 9.59 Å². The van der Waals surface area contributed by atoms with E-state index in [2.05, 4.69) is 15.3 Å². The van der Waals surface area contributed by atoms with Gasteiger partial charge in [0.2, 0.25) is 5.91 Å². The fourth-order valence-electron chi connectivity index (χ4n) is 3.48. The third-order valence-corrected chi connectivity index (χ3v) is 5.95. The molecule has 1 saturated heterocycles. The molecule has 30 heavy (non-hydrogen) atoms. The largest absolute Gasteiger partial charge is 0.339 e. The van der Waals surface area contributed by atoms with Crippen molar-refractivity contribution in [2.24, 2.45) is 0 Å². The second-order valence-electron chi connectivity index (χ2n) is 7.23. The Morgan fingerprint density at radius 3 is 3.00 bits per heavy atom. The maximum Gasteiger partial charge on any atom is 0.274 e. The molecule has 1 atom stereocenters. The van der Waals surface area contributed by atoms with E-state index in [4.69, 9.17) is 0 Å². The van der Waals surface area contributed by atoms with Crippen molar-refractivity contribution in [3.05, 3.63) is 71.3 Å². The number of hydrogen-bond donors (Lipinski definition) is 1. The molecule has 2 amide bonds. The fourth-order valence-corrected chi connectivity index (χ4v) is 4.15. The summed E-state index contributed by atoms with van der Waals surface area (Å²) in [5, 5.41) is 5.32. The van der Waals surface area contributed by atoms with Crippen molar-refractivity contribution < 1.29 is 9.59 Å². The average molecular weight is 422 g/mol. The molecule has 3 aromatic heterocycles. The molecule has 0 saturated carbocycles. The van der Waals surface area contributed by atoms with Crippen molar-refractivity contribution in [1.82, 2.24) is 19.4 Å². The molecule has 1 unspecified atom stereocenters. The van der Waals surface area contributed by atoms with Crippen LogP contribution < -0.4 is 5.32 Å². The molecule has 0 aliphatic carbocycles. The molecule has 1 aliphatic heterocycles. The zero-order valence-corrected chi connectivity index (χ0v) is 17.5. The van der Waals surface area contributed by atoms with Gasteiger partial charge in [0.1, 0.15) is 5.69 Å². The molecule has 3 aromatic rings. The zero-order chi connectivity index (χ0) is 20.9. The number of thiazole rings is 1. The maximum atomic E-state index is 12.7. The van der Waals surface area contributed by atoms with Gasteiger partial charge in [-0.2, -0.15) is 0 Å². The number of likely N-dealkylation sites (tertiary alicyclic amines) is 1. The van der Waals surface area contributed by atoms with Crippen LogP contribution in [0.15, 0.2) is 54.3 Å². The standard InChI is InChI=1S/C22H23N5O2S/c1-26-18(4-2-6-20(26)28)8-7-17-15-30-22(24-17)25-21(29)19-5-3-13-27(19)14-16-9-11-23-12-10-16/h3,5,7-13,15,18H,2,4,6,14H2,1H3,(H,24,25,29)/b8-7+. The molecule has 4 rings (SSSR count). The minimum atomic E-state index is -0.198. The van der Waals surface area contributed by atoms with Crippen molar-refractivity contribution >= 4 is 34.4 Å². The Kier molecular flexibility index (Phi) is 6.04. The molecule has 0 spiro atoms. The molecule has 0 bridgehead atoms. The average Bonchev–Trinajstić information content (AvgIpc) is 3.39. The van der Waals surface area contributed by atoms with E-state index in [1.807, 2.05) is 53.5 Å². The molecule has 0 aromatic carbocycles. The number of carbonyl (C=O) groups excluding carboxylic acids is 2. The number of nitrogens with one attached hydrogen (secondary N) is 1. The monoisotopic (exact) mass is 421 g/mol. The van der Waals surface area contributed by atoms with Crippen molar-refractivity contribution in [3.8, 4) is 0 Å². The van der Waals surface area contributed by atoms with Crippen LogP contribution >= 0.6 is 11.3 Å². The molecule has 1 fully saturated rings. The Bertz CT molecular complexity index is 1060. The predicted molar refractivity (Wildman–Crippen MR) is 117 cm³/mol.